The lowest BCUT2D eigenvalue weighted by molar-refractivity contribution is 0.557. The van der Waals surface area contributed by atoms with Crippen molar-refractivity contribution in [1.82, 2.24) is 4.98 Å². The number of oxazole rings is 1. The van der Waals surface area contributed by atoms with E-state index in [1.807, 2.05) is 24.3 Å². The molecule has 3 aromatic rings. The zero-order valence-electron chi connectivity index (χ0n) is 10.5. The first-order valence-electron chi connectivity index (χ1n) is 6.56. The lowest BCUT2D eigenvalue weighted by atomic mass is 10.1. The van der Waals surface area contributed by atoms with E-state index in [9.17, 15) is 0 Å². The molecule has 0 radical (unpaired) electrons. The molecule has 0 amide bonds. The van der Waals surface area contributed by atoms with Gasteiger partial charge in [-0.1, -0.05) is 12.1 Å². The highest BCUT2D eigenvalue weighted by Gasteiger charge is 2.29. The fourth-order valence-corrected chi connectivity index (χ4v) is 3.50. The van der Waals surface area contributed by atoms with E-state index in [-0.39, 0.29) is 0 Å². The number of aromatic nitrogens is 1. The third kappa shape index (κ3) is 1.83. The van der Waals surface area contributed by atoms with Gasteiger partial charge in [-0.15, -0.1) is 0 Å². The van der Waals surface area contributed by atoms with E-state index in [4.69, 9.17) is 4.42 Å². The summed E-state index contributed by atoms with van der Waals surface area (Å²) in [6.07, 6.45) is 2.37. The van der Waals surface area contributed by atoms with Crippen LogP contribution in [-0.4, -0.2) is 11.5 Å². The standard InChI is InChI=1S/C15H14N2OS/c1-2-6-14-12(4-1)16-15(18-14)17-8-3-5-13(17)11-7-9-19-10-11/h1-2,4,6-7,9-10,13H,3,5,8H2/t13-/m0/s1. The minimum atomic E-state index is 0.416. The number of para-hydroxylation sites is 2. The number of rotatable bonds is 2. The molecule has 0 aliphatic carbocycles. The van der Waals surface area contributed by atoms with E-state index in [0.29, 0.717) is 6.04 Å². The second kappa shape index (κ2) is 4.38. The first-order chi connectivity index (χ1) is 9.42. The van der Waals surface area contributed by atoms with Gasteiger partial charge in [-0.2, -0.15) is 16.3 Å². The van der Waals surface area contributed by atoms with Crippen molar-refractivity contribution in [3.05, 3.63) is 46.7 Å². The third-order valence-electron chi connectivity index (χ3n) is 3.71. The molecule has 1 atom stereocenters. The van der Waals surface area contributed by atoms with Gasteiger partial charge >= 0.3 is 0 Å². The normalized spacial score (nSPS) is 19.4. The molecule has 3 nitrogen and oxygen atoms in total. The Bertz CT molecular complexity index is 656. The molecule has 1 aliphatic heterocycles. The number of hydrogen-bond acceptors (Lipinski definition) is 4. The van der Waals surface area contributed by atoms with Gasteiger partial charge in [0.05, 0.1) is 6.04 Å². The summed E-state index contributed by atoms with van der Waals surface area (Å²) in [7, 11) is 0. The van der Waals surface area contributed by atoms with Gasteiger partial charge in [-0.3, -0.25) is 0 Å². The van der Waals surface area contributed by atoms with Gasteiger partial charge in [0.1, 0.15) is 5.52 Å². The zero-order chi connectivity index (χ0) is 12.7. The molecular formula is C15H14N2OS. The van der Waals surface area contributed by atoms with Crippen LogP contribution in [-0.2, 0) is 0 Å². The van der Waals surface area contributed by atoms with Crippen LogP contribution in [0.25, 0.3) is 11.1 Å². The third-order valence-corrected chi connectivity index (χ3v) is 4.41. The highest BCUT2D eigenvalue weighted by atomic mass is 32.1. The Morgan fingerprint density at radius 3 is 3.05 bits per heavy atom. The number of hydrogen-bond donors (Lipinski definition) is 0. The largest absolute Gasteiger partial charge is 0.423 e. The number of anilines is 1. The van der Waals surface area contributed by atoms with E-state index in [1.165, 1.54) is 18.4 Å². The minimum absolute atomic E-state index is 0.416. The summed E-state index contributed by atoms with van der Waals surface area (Å²) in [6.45, 7) is 1.02. The molecule has 1 fully saturated rings. The molecule has 3 heterocycles. The highest BCUT2D eigenvalue weighted by Crippen LogP contribution is 2.37. The van der Waals surface area contributed by atoms with Crippen LogP contribution >= 0.6 is 11.3 Å². The molecular weight excluding hydrogens is 256 g/mol. The summed E-state index contributed by atoms with van der Waals surface area (Å²) in [6, 6.07) is 11.3. The molecule has 1 aromatic carbocycles. The molecule has 0 bridgehead atoms. The number of benzene rings is 1. The minimum Gasteiger partial charge on any atom is -0.423 e. The summed E-state index contributed by atoms with van der Waals surface area (Å²) in [4.78, 5) is 6.91. The van der Waals surface area contributed by atoms with Crippen molar-refractivity contribution < 1.29 is 4.42 Å². The molecule has 1 aliphatic rings. The predicted molar refractivity (Wildman–Crippen MR) is 77.6 cm³/mol. The van der Waals surface area contributed by atoms with Crippen LogP contribution in [0.5, 0.6) is 0 Å². The summed E-state index contributed by atoms with van der Waals surface area (Å²) >= 11 is 1.75. The Balaban J connectivity index is 1.74. The van der Waals surface area contributed by atoms with Gasteiger partial charge < -0.3 is 9.32 Å². The lowest BCUT2D eigenvalue weighted by Gasteiger charge is -2.21. The summed E-state index contributed by atoms with van der Waals surface area (Å²) in [5, 5.41) is 4.36. The monoisotopic (exact) mass is 270 g/mol. The Labute approximate surface area is 115 Å². The van der Waals surface area contributed by atoms with Gasteiger partial charge in [0.2, 0.25) is 0 Å². The molecule has 0 N–H and O–H groups in total. The molecule has 96 valence electrons. The van der Waals surface area contributed by atoms with E-state index in [1.54, 1.807) is 11.3 Å². The van der Waals surface area contributed by atoms with Crippen molar-refractivity contribution in [1.29, 1.82) is 0 Å². The molecule has 0 unspecified atom stereocenters. The van der Waals surface area contributed by atoms with Crippen molar-refractivity contribution in [3.8, 4) is 0 Å². The van der Waals surface area contributed by atoms with Crippen LogP contribution in [0.2, 0.25) is 0 Å². The first kappa shape index (κ1) is 11.1. The Morgan fingerprint density at radius 2 is 2.21 bits per heavy atom. The molecule has 0 spiro atoms. The van der Waals surface area contributed by atoms with Gasteiger partial charge in [-0.25, -0.2) is 0 Å². The Kier molecular flexibility index (Phi) is 2.55. The van der Waals surface area contributed by atoms with E-state index < -0.39 is 0 Å². The Morgan fingerprint density at radius 1 is 1.26 bits per heavy atom. The zero-order valence-corrected chi connectivity index (χ0v) is 11.3. The quantitative estimate of drug-likeness (QED) is 0.698. The van der Waals surface area contributed by atoms with Crippen molar-refractivity contribution >= 4 is 28.5 Å². The van der Waals surface area contributed by atoms with Crippen molar-refractivity contribution in [3.63, 3.8) is 0 Å². The van der Waals surface area contributed by atoms with Crippen molar-refractivity contribution in [2.45, 2.75) is 18.9 Å². The lowest BCUT2D eigenvalue weighted by Crippen LogP contribution is -2.22. The van der Waals surface area contributed by atoms with Crippen molar-refractivity contribution in [2.24, 2.45) is 0 Å². The highest BCUT2D eigenvalue weighted by molar-refractivity contribution is 7.08. The molecule has 1 saturated heterocycles. The van der Waals surface area contributed by atoms with E-state index in [0.717, 1.165) is 23.7 Å². The average molecular weight is 270 g/mol. The SMILES string of the molecule is c1ccc2oc(N3CCC[C@H]3c3ccsc3)nc2c1. The van der Waals surface area contributed by atoms with Crippen molar-refractivity contribution in [2.75, 3.05) is 11.4 Å². The summed E-state index contributed by atoms with van der Waals surface area (Å²) in [5.41, 5.74) is 3.19. The number of nitrogens with zero attached hydrogens (tertiary/aromatic N) is 2. The summed E-state index contributed by atoms with van der Waals surface area (Å²) in [5.74, 6) is 0. The predicted octanol–water partition coefficient (Wildman–Crippen LogP) is 4.23. The summed E-state index contributed by atoms with van der Waals surface area (Å²) < 4.78 is 5.90. The van der Waals surface area contributed by atoms with Crippen LogP contribution < -0.4 is 4.90 Å². The second-order valence-electron chi connectivity index (χ2n) is 4.87. The first-order valence-corrected chi connectivity index (χ1v) is 7.50. The Hall–Kier alpha value is -1.81. The maximum Gasteiger partial charge on any atom is 0.298 e. The van der Waals surface area contributed by atoms with Gasteiger partial charge in [0, 0.05) is 6.54 Å². The fraction of sp³-hybridized carbons (Fsp3) is 0.267. The van der Waals surface area contributed by atoms with Gasteiger partial charge in [-0.05, 0) is 47.4 Å². The second-order valence-corrected chi connectivity index (χ2v) is 5.65. The average Bonchev–Trinajstić information content (AvgIpc) is 3.17. The van der Waals surface area contributed by atoms with Crippen LogP contribution in [0.15, 0.2) is 45.5 Å². The topological polar surface area (TPSA) is 29.3 Å². The number of fused-ring (bicyclic) bond motifs is 1. The number of thiophene rings is 1. The maximum absolute atomic E-state index is 5.90. The fourth-order valence-electron chi connectivity index (χ4n) is 2.79. The van der Waals surface area contributed by atoms with Crippen LogP contribution in [0, 0.1) is 0 Å². The van der Waals surface area contributed by atoms with Crippen LogP contribution in [0.4, 0.5) is 6.01 Å². The van der Waals surface area contributed by atoms with E-state index >= 15 is 0 Å². The van der Waals surface area contributed by atoms with Gasteiger partial charge in [0.15, 0.2) is 5.58 Å². The van der Waals surface area contributed by atoms with Crippen LogP contribution in [0.3, 0.4) is 0 Å². The van der Waals surface area contributed by atoms with Crippen LogP contribution in [0.1, 0.15) is 24.4 Å². The molecule has 4 rings (SSSR count). The molecule has 4 heteroatoms. The maximum atomic E-state index is 5.90. The molecule has 19 heavy (non-hydrogen) atoms. The van der Waals surface area contributed by atoms with Gasteiger partial charge in [0.25, 0.3) is 6.01 Å². The molecule has 0 saturated carbocycles. The van der Waals surface area contributed by atoms with E-state index in [2.05, 4.69) is 26.7 Å². The smallest absolute Gasteiger partial charge is 0.298 e. The molecule has 2 aromatic heterocycles.